The first-order valence-corrected chi connectivity index (χ1v) is 14.1. The van der Waals surface area contributed by atoms with Crippen LogP contribution in [0.15, 0.2) is 12.2 Å². The number of phosphoric ester groups is 1. The molecule has 7 heteroatoms. The fraction of sp³-hybridized carbons (Fsp3) is 0.917. The Bertz CT molecular complexity index is 448. The second-order valence-electron chi connectivity index (χ2n) is 8.50. The van der Waals surface area contributed by atoms with Gasteiger partial charge in [0.2, 0.25) is 0 Å². The summed E-state index contributed by atoms with van der Waals surface area (Å²) in [7, 11) is -3.98. The lowest BCUT2D eigenvalue weighted by Crippen LogP contribution is -2.14. The van der Waals surface area contributed by atoms with Gasteiger partial charge in [0, 0.05) is 19.1 Å². The molecular formula is C24H50NO5P. The Balaban J connectivity index is 3.32. The highest BCUT2D eigenvalue weighted by molar-refractivity contribution is 7.47. The molecule has 0 aromatic rings. The summed E-state index contributed by atoms with van der Waals surface area (Å²) in [5.74, 6) is 0.0380. The summed E-state index contributed by atoms with van der Waals surface area (Å²) in [5, 5.41) is 0. The van der Waals surface area contributed by atoms with Crippen LogP contribution in [0, 0.1) is 5.92 Å². The highest BCUT2D eigenvalue weighted by Crippen LogP contribution is 2.43. The Morgan fingerprint density at radius 1 is 0.806 bits per heavy atom. The van der Waals surface area contributed by atoms with Gasteiger partial charge < -0.3 is 15.4 Å². The van der Waals surface area contributed by atoms with E-state index >= 15 is 0 Å². The Morgan fingerprint density at radius 2 is 1.35 bits per heavy atom. The van der Waals surface area contributed by atoms with Crippen LogP contribution in [0.3, 0.4) is 0 Å². The van der Waals surface area contributed by atoms with E-state index in [0.29, 0.717) is 6.61 Å². The van der Waals surface area contributed by atoms with E-state index in [2.05, 4.69) is 19.1 Å². The highest BCUT2D eigenvalue weighted by atomic mass is 31.2. The van der Waals surface area contributed by atoms with E-state index in [9.17, 15) is 9.46 Å². The Morgan fingerprint density at radius 3 is 1.94 bits per heavy atom. The minimum Gasteiger partial charge on any atom is -0.381 e. The van der Waals surface area contributed by atoms with Crippen molar-refractivity contribution in [2.75, 3.05) is 33.0 Å². The third-order valence-corrected chi connectivity index (χ3v) is 6.08. The average Bonchev–Trinajstić information content (AvgIpc) is 2.75. The van der Waals surface area contributed by atoms with Crippen molar-refractivity contribution in [1.82, 2.24) is 0 Å². The van der Waals surface area contributed by atoms with Crippen LogP contribution in [-0.4, -0.2) is 37.9 Å². The van der Waals surface area contributed by atoms with Gasteiger partial charge in [-0.3, -0.25) is 9.05 Å². The van der Waals surface area contributed by atoms with Gasteiger partial charge in [0.25, 0.3) is 0 Å². The molecule has 3 N–H and O–H groups in total. The fourth-order valence-electron chi connectivity index (χ4n) is 3.21. The molecule has 0 fully saturated rings. The number of unbranched alkanes of at least 4 members (excludes halogenated alkanes) is 12. The molecule has 0 heterocycles. The minimum absolute atomic E-state index is 0.00855. The minimum atomic E-state index is -3.98. The molecule has 0 saturated carbocycles. The van der Waals surface area contributed by atoms with E-state index in [1.165, 1.54) is 83.5 Å². The molecule has 0 aliphatic carbocycles. The van der Waals surface area contributed by atoms with Gasteiger partial charge in [-0.15, -0.1) is 0 Å². The molecule has 186 valence electrons. The fourth-order valence-corrected chi connectivity index (χ4v) is 4.06. The van der Waals surface area contributed by atoms with E-state index in [-0.39, 0.29) is 25.7 Å². The first-order chi connectivity index (χ1) is 15.0. The second kappa shape index (κ2) is 22.9. The van der Waals surface area contributed by atoms with Gasteiger partial charge >= 0.3 is 7.82 Å². The average molecular weight is 464 g/mol. The molecule has 0 radical (unpaired) electrons. The number of rotatable bonds is 24. The summed E-state index contributed by atoms with van der Waals surface area (Å²) < 4.78 is 26.8. The Labute approximate surface area is 191 Å². The monoisotopic (exact) mass is 463 g/mol. The van der Waals surface area contributed by atoms with Crippen LogP contribution in [0.2, 0.25) is 0 Å². The molecule has 0 rings (SSSR count). The molecule has 0 bridgehead atoms. The maximum absolute atomic E-state index is 11.5. The molecule has 2 atom stereocenters. The third kappa shape index (κ3) is 24.2. The first-order valence-electron chi connectivity index (χ1n) is 12.6. The van der Waals surface area contributed by atoms with Crippen molar-refractivity contribution in [2.24, 2.45) is 11.7 Å². The lowest BCUT2D eigenvalue weighted by atomic mass is 10.1. The van der Waals surface area contributed by atoms with Gasteiger partial charge in [-0.05, 0) is 32.1 Å². The van der Waals surface area contributed by atoms with Crippen LogP contribution < -0.4 is 5.73 Å². The molecule has 0 aromatic heterocycles. The molecule has 1 unspecified atom stereocenters. The standard InChI is InChI=1S/C24H50NO5P/c1-3-4-5-6-7-8-9-10-11-12-13-14-15-16-17-18-20-28-22-24(2)23-30-31(26,27)29-21-19-25/h10-11,24H,3-9,12-23,25H2,1-2H3,(H,26,27)/b11-10-/t24-/m1/s1. The van der Waals surface area contributed by atoms with Gasteiger partial charge in [-0.25, -0.2) is 4.57 Å². The van der Waals surface area contributed by atoms with Crippen molar-refractivity contribution in [3.63, 3.8) is 0 Å². The van der Waals surface area contributed by atoms with Crippen molar-refractivity contribution >= 4 is 7.82 Å². The number of nitrogens with two attached hydrogens (primary N) is 1. The molecule has 6 nitrogen and oxygen atoms in total. The molecule has 0 aromatic carbocycles. The summed E-state index contributed by atoms with van der Waals surface area (Å²) in [6.45, 7) is 5.75. The lowest BCUT2D eigenvalue weighted by molar-refractivity contribution is 0.0689. The summed E-state index contributed by atoms with van der Waals surface area (Å²) in [5.41, 5.74) is 5.24. The van der Waals surface area contributed by atoms with Crippen LogP contribution in [0.1, 0.15) is 104 Å². The van der Waals surface area contributed by atoms with Gasteiger partial charge in [-0.2, -0.15) is 0 Å². The van der Waals surface area contributed by atoms with Gasteiger partial charge in [0.15, 0.2) is 0 Å². The second-order valence-corrected chi connectivity index (χ2v) is 9.96. The predicted octanol–water partition coefficient (Wildman–Crippen LogP) is 6.77. The zero-order chi connectivity index (χ0) is 23.0. The van der Waals surface area contributed by atoms with E-state index in [1.54, 1.807) is 0 Å². The Hall–Kier alpha value is -0.230. The van der Waals surface area contributed by atoms with Crippen molar-refractivity contribution < 1.29 is 23.2 Å². The zero-order valence-electron chi connectivity index (χ0n) is 20.3. The van der Waals surface area contributed by atoms with Gasteiger partial charge in [0.1, 0.15) is 0 Å². The van der Waals surface area contributed by atoms with E-state index in [0.717, 1.165) is 13.0 Å². The van der Waals surface area contributed by atoms with E-state index in [4.69, 9.17) is 19.5 Å². The van der Waals surface area contributed by atoms with Crippen molar-refractivity contribution in [1.29, 1.82) is 0 Å². The van der Waals surface area contributed by atoms with Crippen LogP contribution in [0.25, 0.3) is 0 Å². The predicted molar refractivity (Wildman–Crippen MR) is 130 cm³/mol. The van der Waals surface area contributed by atoms with Crippen molar-refractivity contribution in [2.45, 2.75) is 104 Å². The molecule has 0 amide bonds. The van der Waals surface area contributed by atoms with Crippen LogP contribution in [0.4, 0.5) is 0 Å². The van der Waals surface area contributed by atoms with Crippen molar-refractivity contribution in [3.8, 4) is 0 Å². The molecular weight excluding hydrogens is 413 g/mol. The largest absolute Gasteiger partial charge is 0.472 e. The highest BCUT2D eigenvalue weighted by Gasteiger charge is 2.21. The lowest BCUT2D eigenvalue weighted by Gasteiger charge is -2.15. The number of hydrogen-bond acceptors (Lipinski definition) is 5. The molecule has 0 saturated heterocycles. The third-order valence-electron chi connectivity index (χ3n) is 5.10. The summed E-state index contributed by atoms with van der Waals surface area (Å²) >= 11 is 0. The van der Waals surface area contributed by atoms with E-state index < -0.39 is 7.82 Å². The SMILES string of the molecule is CCCCCCCC/C=C\CCCCCCCCOC[C@@H](C)COP(=O)(O)OCCN. The topological polar surface area (TPSA) is 91.0 Å². The quantitative estimate of drug-likeness (QED) is 0.0932. The van der Waals surface area contributed by atoms with Crippen LogP contribution in [-0.2, 0) is 18.3 Å². The van der Waals surface area contributed by atoms with Gasteiger partial charge in [-0.1, -0.05) is 83.8 Å². The molecule has 0 aliphatic heterocycles. The maximum atomic E-state index is 11.5. The summed E-state index contributed by atoms with van der Waals surface area (Å²) in [4.78, 5) is 9.43. The normalized spacial score (nSPS) is 14.8. The van der Waals surface area contributed by atoms with Crippen LogP contribution in [0.5, 0.6) is 0 Å². The molecule has 0 spiro atoms. The summed E-state index contributed by atoms with van der Waals surface area (Å²) in [6.07, 6.45) is 22.9. The molecule has 0 aliphatic rings. The number of phosphoric acid groups is 1. The maximum Gasteiger partial charge on any atom is 0.472 e. The number of hydrogen-bond donors (Lipinski definition) is 2. The van der Waals surface area contributed by atoms with Crippen LogP contribution >= 0.6 is 7.82 Å². The first kappa shape index (κ1) is 30.8. The molecule has 31 heavy (non-hydrogen) atoms. The Kier molecular flexibility index (Phi) is 22.8. The van der Waals surface area contributed by atoms with Gasteiger partial charge in [0.05, 0.1) is 19.8 Å². The number of allylic oxidation sites excluding steroid dienone is 2. The zero-order valence-corrected chi connectivity index (χ0v) is 21.2. The summed E-state index contributed by atoms with van der Waals surface area (Å²) in [6, 6.07) is 0. The van der Waals surface area contributed by atoms with E-state index in [1.807, 2.05) is 6.92 Å². The smallest absolute Gasteiger partial charge is 0.381 e. The number of ether oxygens (including phenoxy) is 1. The van der Waals surface area contributed by atoms with Crippen molar-refractivity contribution in [3.05, 3.63) is 12.2 Å².